The van der Waals surface area contributed by atoms with Gasteiger partial charge in [-0.2, -0.15) is 0 Å². The number of halogens is 5. The molecule has 0 saturated carbocycles. The van der Waals surface area contributed by atoms with Crippen molar-refractivity contribution in [2.45, 2.75) is 34.6 Å². The Morgan fingerprint density at radius 2 is 1.14 bits per heavy atom. The van der Waals surface area contributed by atoms with Gasteiger partial charge in [-0.1, -0.05) is 27.7 Å². The molecule has 1 aromatic rings. The Kier molecular flexibility index (Phi) is 7.67. The Morgan fingerprint density at radius 3 is 1.45 bits per heavy atom. The van der Waals surface area contributed by atoms with Gasteiger partial charge in [0.05, 0.1) is 23.3 Å². The summed E-state index contributed by atoms with van der Waals surface area (Å²) in [6, 6.07) is 0. The van der Waals surface area contributed by atoms with E-state index in [1.54, 1.807) is 0 Å². The second kappa shape index (κ2) is 7.98. The van der Waals surface area contributed by atoms with Crippen molar-refractivity contribution in [2.24, 2.45) is 17.3 Å². The first-order chi connectivity index (χ1) is 9.96. The van der Waals surface area contributed by atoms with Crippen molar-refractivity contribution in [1.82, 2.24) is 0 Å². The number of ether oxygens (including phenoxy) is 1. The summed E-state index contributed by atoms with van der Waals surface area (Å²) in [5.74, 6) is 0.555. The van der Waals surface area contributed by atoms with E-state index in [1.165, 1.54) is 0 Å². The van der Waals surface area contributed by atoms with E-state index in [9.17, 15) is 4.79 Å². The fourth-order valence-corrected chi connectivity index (χ4v) is 5.19. The van der Waals surface area contributed by atoms with Gasteiger partial charge in [0.15, 0.2) is 5.75 Å². The van der Waals surface area contributed by atoms with Gasteiger partial charge in [-0.25, -0.2) is 0 Å². The lowest BCUT2D eigenvalue weighted by Crippen LogP contribution is -2.41. The fourth-order valence-electron chi connectivity index (χ4n) is 2.02. The minimum atomic E-state index is -0.565. The van der Waals surface area contributed by atoms with Gasteiger partial charge >= 0.3 is 5.97 Å². The quantitative estimate of drug-likeness (QED) is 0.148. The molecule has 0 radical (unpaired) electrons. The normalized spacial score (nSPS) is 12.2. The standard InChI is InChI=1S/C15H17Br5O2/c1-6(2)15(5,7(3)4)14(21)22-13-11(19)9(17)8(16)10(18)12(13)20/h6-7H,1-5H3. The highest BCUT2D eigenvalue weighted by Crippen LogP contribution is 2.49. The summed E-state index contributed by atoms with van der Waals surface area (Å²) in [6.45, 7) is 10.1. The van der Waals surface area contributed by atoms with E-state index < -0.39 is 5.41 Å². The molecular formula is C15H17Br5O2. The van der Waals surface area contributed by atoms with Gasteiger partial charge in [0.25, 0.3) is 0 Å². The summed E-state index contributed by atoms with van der Waals surface area (Å²) in [5.41, 5.74) is -0.565. The number of carbonyl (C=O) groups excluding carboxylic acids is 1. The molecule has 1 rings (SSSR count). The SMILES string of the molecule is CC(C)C(C)(C(=O)Oc1c(Br)c(Br)c(Br)c(Br)c1Br)C(C)C. The maximum atomic E-state index is 12.8. The Balaban J connectivity index is 3.34. The predicted octanol–water partition coefficient (Wildman–Crippen LogP) is 7.72. The van der Waals surface area contributed by atoms with Gasteiger partial charge in [-0.15, -0.1) is 0 Å². The van der Waals surface area contributed by atoms with Crippen LogP contribution in [0.3, 0.4) is 0 Å². The summed E-state index contributed by atoms with van der Waals surface area (Å²) in [6.07, 6.45) is 0. The van der Waals surface area contributed by atoms with Gasteiger partial charge in [0.2, 0.25) is 0 Å². The average molecular weight is 629 g/mol. The number of hydrogen-bond acceptors (Lipinski definition) is 2. The molecule has 1 aromatic carbocycles. The zero-order valence-corrected chi connectivity index (χ0v) is 20.8. The second-order valence-corrected chi connectivity index (χ2v) is 9.85. The first-order valence-corrected chi connectivity index (χ1v) is 10.7. The minimum absolute atomic E-state index is 0.167. The number of rotatable bonds is 4. The van der Waals surface area contributed by atoms with E-state index >= 15 is 0 Å². The smallest absolute Gasteiger partial charge is 0.317 e. The van der Waals surface area contributed by atoms with Crippen LogP contribution in [0.1, 0.15) is 34.6 Å². The van der Waals surface area contributed by atoms with Crippen LogP contribution >= 0.6 is 79.6 Å². The molecule has 0 aliphatic carbocycles. The Hall–Kier alpha value is 1.09. The molecule has 0 unspecified atom stereocenters. The highest BCUT2D eigenvalue weighted by Gasteiger charge is 2.42. The van der Waals surface area contributed by atoms with Crippen LogP contribution in [-0.2, 0) is 4.79 Å². The molecule has 0 bridgehead atoms. The largest absolute Gasteiger partial charge is 0.424 e. The summed E-state index contributed by atoms with van der Waals surface area (Å²) >= 11 is 17.4. The monoisotopic (exact) mass is 624 g/mol. The second-order valence-electron chi connectivity index (χ2n) is 5.88. The summed E-state index contributed by atoms with van der Waals surface area (Å²) in [4.78, 5) is 12.8. The van der Waals surface area contributed by atoms with Crippen LogP contribution in [0.15, 0.2) is 22.4 Å². The molecule has 0 N–H and O–H groups in total. The third-order valence-electron chi connectivity index (χ3n) is 4.20. The van der Waals surface area contributed by atoms with E-state index in [0.717, 1.165) is 13.4 Å². The van der Waals surface area contributed by atoms with Crippen molar-refractivity contribution >= 4 is 85.6 Å². The van der Waals surface area contributed by atoms with Crippen molar-refractivity contribution in [3.63, 3.8) is 0 Å². The first-order valence-electron chi connectivity index (χ1n) is 6.69. The van der Waals surface area contributed by atoms with E-state index in [0.29, 0.717) is 14.7 Å². The zero-order chi connectivity index (χ0) is 17.4. The van der Waals surface area contributed by atoms with Crippen LogP contribution in [0.5, 0.6) is 5.75 Å². The summed E-state index contributed by atoms with van der Waals surface area (Å²) in [5, 5.41) is 0. The van der Waals surface area contributed by atoms with Crippen LogP contribution < -0.4 is 4.74 Å². The molecule has 0 fully saturated rings. The van der Waals surface area contributed by atoms with Crippen LogP contribution in [-0.4, -0.2) is 5.97 Å². The van der Waals surface area contributed by atoms with Gasteiger partial charge in [0, 0.05) is 4.47 Å². The molecule has 124 valence electrons. The predicted molar refractivity (Wildman–Crippen MR) is 108 cm³/mol. The van der Waals surface area contributed by atoms with E-state index in [1.807, 2.05) is 34.6 Å². The molecule has 0 atom stereocenters. The lowest BCUT2D eigenvalue weighted by Gasteiger charge is -2.35. The maximum Gasteiger partial charge on any atom is 0.317 e. The molecule has 0 aliphatic heterocycles. The van der Waals surface area contributed by atoms with Gasteiger partial charge in [0.1, 0.15) is 0 Å². The highest BCUT2D eigenvalue weighted by atomic mass is 79.9. The van der Waals surface area contributed by atoms with Crippen molar-refractivity contribution in [3.05, 3.63) is 22.4 Å². The van der Waals surface area contributed by atoms with Gasteiger partial charge < -0.3 is 4.74 Å². The Labute approximate surface area is 173 Å². The lowest BCUT2D eigenvalue weighted by molar-refractivity contribution is -0.150. The maximum absolute atomic E-state index is 12.8. The third-order valence-corrected chi connectivity index (χ3v) is 10.2. The molecule has 22 heavy (non-hydrogen) atoms. The van der Waals surface area contributed by atoms with Crippen molar-refractivity contribution in [3.8, 4) is 5.75 Å². The first kappa shape index (κ1) is 21.1. The minimum Gasteiger partial charge on any atom is -0.424 e. The van der Waals surface area contributed by atoms with Crippen LogP contribution in [0.4, 0.5) is 0 Å². The van der Waals surface area contributed by atoms with Crippen LogP contribution in [0, 0.1) is 17.3 Å². The molecular weight excluding hydrogens is 612 g/mol. The van der Waals surface area contributed by atoms with Crippen molar-refractivity contribution in [1.29, 1.82) is 0 Å². The van der Waals surface area contributed by atoms with E-state index in [-0.39, 0.29) is 17.8 Å². The molecule has 2 nitrogen and oxygen atoms in total. The molecule has 0 saturated heterocycles. The molecule has 7 heteroatoms. The summed E-state index contributed by atoms with van der Waals surface area (Å²) < 4.78 is 9.52. The van der Waals surface area contributed by atoms with Gasteiger partial charge in [-0.05, 0) is 98.4 Å². The Morgan fingerprint density at radius 1 is 0.818 bits per heavy atom. The van der Waals surface area contributed by atoms with E-state index in [4.69, 9.17) is 4.74 Å². The number of hydrogen-bond donors (Lipinski definition) is 0. The highest BCUT2D eigenvalue weighted by molar-refractivity contribution is 9.15. The van der Waals surface area contributed by atoms with E-state index in [2.05, 4.69) is 79.6 Å². The van der Waals surface area contributed by atoms with Crippen molar-refractivity contribution < 1.29 is 9.53 Å². The lowest BCUT2D eigenvalue weighted by atomic mass is 9.70. The third kappa shape index (κ3) is 3.84. The molecule has 0 aliphatic rings. The molecule has 0 spiro atoms. The Bertz CT molecular complexity index is 559. The topological polar surface area (TPSA) is 26.3 Å². The number of carbonyl (C=O) groups is 1. The average Bonchev–Trinajstić information content (AvgIpc) is 2.45. The van der Waals surface area contributed by atoms with Gasteiger partial charge in [-0.3, -0.25) is 4.79 Å². The molecule has 0 aromatic heterocycles. The van der Waals surface area contributed by atoms with Crippen LogP contribution in [0.2, 0.25) is 0 Å². The number of esters is 1. The molecule has 0 heterocycles. The number of benzene rings is 1. The summed E-state index contributed by atoms with van der Waals surface area (Å²) in [7, 11) is 0. The molecule has 0 amide bonds. The van der Waals surface area contributed by atoms with Crippen LogP contribution in [0.25, 0.3) is 0 Å². The zero-order valence-electron chi connectivity index (χ0n) is 12.9. The fraction of sp³-hybridized carbons (Fsp3) is 0.533. The van der Waals surface area contributed by atoms with Crippen molar-refractivity contribution in [2.75, 3.05) is 0 Å².